The fourth-order valence-electron chi connectivity index (χ4n) is 2.70. The van der Waals surface area contributed by atoms with Crippen molar-refractivity contribution in [3.05, 3.63) is 72.3 Å². The maximum atomic E-state index is 3.54. The zero-order valence-corrected chi connectivity index (χ0v) is 13.6. The molecule has 0 unspecified atom stereocenters. The molecule has 0 fully saturated rings. The van der Waals surface area contributed by atoms with Gasteiger partial charge in [0, 0.05) is 16.8 Å². The molecule has 3 aromatic carbocycles. The zero-order valence-electron chi connectivity index (χ0n) is 13.6. The van der Waals surface area contributed by atoms with Crippen molar-refractivity contribution in [2.45, 2.75) is 32.6 Å². The lowest BCUT2D eigenvalue weighted by Crippen LogP contribution is -2.15. The largest absolute Gasteiger partial charge is 0.355 e. The highest BCUT2D eigenvalue weighted by Crippen LogP contribution is 2.30. The van der Waals surface area contributed by atoms with E-state index in [0.29, 0.717) is 0 Å². The van der Waals surface area contributed by atoms with Gasteiger partial charge in [-0.2, -0.15) is 0 Å². The highest BCUT2D eigenvalue weighted by molar-refractivity contribution is 5.95. The SMILES string of the molecule is CCC(C)(C)c1ccc(Nc2cccc3ccccc23)cc1. The van der Waals surface area contributed by atoms with Crippen LogP contribution in [0.1, 0.15) is 32.8 Å². The molecule has 0 heterocycles. The van der Waals surface area contributed by atoms with Gasteiger partial charge in [-0.15, -0.1) is 0 Å². The number of hydrogen-bond donors (Lipinski definition) is 1. The average molecular weight is 289 g/mol. The third kappa shape index (κ3) is 2.85. The molecule has 1 heteroatoms. The Morgan fingerprint density at radius 3 is 2.23 bits per heavy atom. The van der Waals surface area contributed by atoms with Crippen LogP contribution in [0, 0.1) is 0 Å². The molecule has 0 radical (unpaired) electrons. The summed E-state index contributed by atoms with van der Waals surface area (Å²) >= 11 is 0. The maximum absolute atomic E-state index is 3.54. The minimum atomic E-state index is 0.234. The second-order valence-corrected chi connectivity index (χ2v) is 6.47. The van der Waals surface area contributed by atoms with Gasteiger partial charge in [0.15, 0.2) is 0 Å². The lowest BCUT2D eigenvalue weighted by molar-refractivity contribution is 0.506. The Morgan fingerprint density at radius 2 is 1.50 bits per heavy atom. The molecule has 0 aliphatic rings. The predicted molar refractivity (Wildman–Crippen MR) is 97.0 cm³/mol. The molecule has 0 spiro atoms. The average Bonchev–Trinajstić information content (AvgIpc) is 2.56. The van der Waals surface area contributed by atoms with Gasteiger partial charge in [0.2, 0.25) is 0 Å². The first-order chi connectivity index (χ1) is 10.6. The van der Waals surface area contributed by atoms with Gasteiger partial charge in [-0.05, 0) is 41.0 Å². The molecule has 0 aliphatic heterocycles. The first-order valence-corrected chi connectivity index (χ1v) is 7.95. The molecule has 0 amide bonds. The lowest BCUT2D eigenvalue weighted by Gasteiger charge is -2.23. The Balaban J connectivity index is 1.90. The van der Waals surface area contributed by atoms with Crippen LogP contribution in [0.2, 0.25) is 0 Å². The van der Waals surface area contributed by atoms with E-state index in [1.54, 1.807) is 0 Å². The van der Waals surface area contributed by atoms with Gasteiger partial charge < -0.3 is 5.32 Å². The van der Waals surface area contributed by atoms with Crippen molar-refractivity contribution in [3.63, 3.8) is 0 Å². The number of anilines is 2. The Morgan fingerprint density at radius 1 is 0.818 bits per heavy atom. The Bertz CT molecular complexity index is 764. The molecule has 3 aromatic rings. The van der Waals surface area contributed by atoms with Crippen LogP contribution in [0.5, 0.6) is 0 Å². The molecule has 0 saturated heterocycles. The fourth-order valence-corrected chi connectivity index (χ4v) is 2.70. The van der Waals surface area contributed by atoms with Crippen molar-refractivity contribution in [2.24, 2.45) is 0 Å². The van der Waals surface area contributed by atoms with Gasteiger partial charge in [0.25, 0.3) is 0 Å². The molecule has 112 valence electrons. The number of fused-ring (bicyclic) bond motifs is 1. The standard InChI is InChI=1S/C21H23N/c1-4-21(2,3)17-12-14-18(15-13-17)22-20-11-7-9-16-8-5-6-10-19(16)20/h5-15,22H,4H2,1-3H3. The quantitative estimate of drug-likeness (QED) is 0.596. The third-order valence-corrected chi connectivity index (χ3v) is 4.62. The van der Waals surface area contributed by atoms with Crippen LogP contribution in [-0.4, -0.2) is 0 Å². The van der Waals surface area contributed by atoms with E-state index < -0.39 is 0 Å². The van der Waals surface area contributed by atoms with Crippen LogP contribution in [0.3, 0.4) is 0 Å². The second-order valence-electron chi connectivity index (χ2n) is 6.47. The van der Waals surface area contributed by atoms with E-state index in [2.05, 4.69) is 92.8 Å². The summed E-state index contributed by atoms with van der Waals surface area (Å²) in [5.41, 5.74) is 3.91. The van der Waals surface area contributed by atoms with Gasteiger partial charge in [0.1, 0.15) is 0 Å². The fraction of sp³-hybridized carbons (Fsp3) is 0.238. The van der Waals surface area contributed by atoms with Crippen LogP contribution < -0.4 is 5.32 Å². The van der Waals surface area contributed by atoms with Gasteiger partial charge in [-0.25, -0.2) is 0 Å². The number of nitrogens with one attached hydrogen (secondary N) is 1. The molecule has 0 atom stereocenters. The van der Waals surface area contributed by atoms with Crippen LogP contribution in [0.4, 0.5) is 11.4 Å². The number of hydrogen-bond acceptors (Lipinski definition) is 1. The summed E-state index contributed by atoms with van der Waals surface area (Å²) in [5, 5.41) is 6.06. The lowest BCUT2D eigenvalue weighted by atomic mass is 9.82. The van der Waals surface area contributed by atoms with E-state index in [0.717, 1.165) is 17.8 Å². The zero-order chi connectivity index (χ0) is 15.6. The first kappa shape index (κ1) is 14.6. The maximum Gasteiger partial charge on any atom is 0.0463 e. The molecule has 1 N–H and O–H groups in total. The summed E-state index contributed by atoms with van der Waals surface area (Å²) in [4.78, 5) is 0. The Labute approximate surface area is 133 Å². The molecule has 0 aliphatic carbocycles. The van der Waals surface area contributed by atoms with Gasteiger partial charge in [-0.1, -0.05) is 69.3 Å². The van der Waals surface area contributed by atoms with Crippen molar-refractivity contribution < 1.29 is 0 Å². The summed E-state index contributed by atoms with van der Waals surface area (Å²) in [6, 6.07) is 23.7. The highest BCUT2D eigenvalue weighted by atomic mass is 14.9. The summed E-state index contributed by atoms with van der Waals surface area (Å²) in [5.74, 6) is 0. The van der Waals surface area contributed by atoms with E-state index in [-0.39, 0.29) is 5.41 Å². The first-order valence-electron chi connectivity index (χ1n) is 7.95. The van der Waals surface area contributed by atoms with Crippen molar-refractivity contribution in [1.29, 1.82) is 0 Å². The Kier molecular flexibility index (Phi) is 3.89. The van der Waals surface area contributed by atoms with Crippen molar-refractivity contribution in [2.75, 3.05) is 5.32 Å². The summed E-state index contributed by atoms with van der Waals surface area (Å²) in [6.45, 7) is 6.82. The van der Waals surface area contributed by atoms with Crippen LogP contribution in [0.25, 0.3) is 10.8 Å². The number of rotatable bonds is 4. The molecular weight excluding hydrogens is 266 g/mol. The monoisotopic (exact) mass is 289 g/mol. The van der Waals surface area contributed by atoms with E-state index in [9.17, 15) is 0 Å². The van der Waals surface area contributed by atoms with E-state index in [4.69, 9.17) is 0 Å². The van der Waals surface area contributed by atoms with Crippen molar-refractivity contribution >= 4 is 22.1 Å². The smallest absolute Gasteiger partial charge is 0.0463 e. The molecule has 22 heavy (non-hydrogen) atoms. The second kappa shape index (κ2) is 5.84. The molecule has 0 bridgehead atoms. The van der Waals surface area contributed by atoms with Crippen LogP contribution in [0.15, 0.2) is 66.7 Å². The third-order valence-electron chi connectivity index (χ3n) is 4.62. The summed E-state index contributed by atoms with van der Waals surface area (Å²) in [6.07, 6.45) is 1.14. The highest BCUT2D eigenvalue weighted by Gasteiger charge is 2.17. The summed E-state index contributed by atoms with van der Waals surface area (Å²) < 4.78 is 0. The molecule has 3 rings (SSSR count). The van der Waals surface area contributed by atoms with Crippen molar-refractivity contribution in [3.8, 4) is 0 Å². The molecule has 1 nitrogen and oxygen atoms in total. The normalized spacial score (nSPS) is 11.6. The van der Waals surface area contributed by atoms with Crippen molar-refractivity contribution in [1.82, 2.24) is 0 Å². The Hall–Kier alpha value is -2.28. The minimum Gasteiger partial charge on any atom is -0.355 e. The van der Waals surface area contributed by atoms with E-state index in [1.165, 1.54) is 16.3 Å². The predicted octanol–water partition coefficient (Wildman–Crippen LogP) is 6.27. The van der Waals surface area contributed by atoms with Crippen LogP contribution >= 0.6 is 0 Å². The van der Waals surface area contributed by atoms with Gasteiger partial charge in [-0.3, -0.25) is 0 Å². The minimum absolute atomic E-state index is 0.234. The summed E-state index contributed by atoms with van der Waals surface area (Å²) in [7, 11) is 0. The van der Waals surface area contributed by atoms with Gasteiger partial charge in [0.05, 0.1) is 0 Å². The topological polar surface area (TPSA) is 12.0 Å². The van der Waals surface area contributed by atoms with Gasteiger partial charge >= 0.3 is 0 Å². The molecular formula is C21H23N. The number of benzene rings is 3. The molecule has 0 aromatic heterocycles. The molecule has 0 saturated carbocycles. The van der Waals surface area contributed by atoms with E-state index in [1.807, 2.05) is 0 Å². The van der Waals surface area contributed by atoms with E-state index >= 15 is 0 Å². The van der Waals surface area contributed by atoms with Crippen LogP contribution in [-0.2, 0) is 5.41 Å².